The van der Waals surface area contributed by atoms with Crippen LogP contribution in [-0.4, -0.2) is 69.1 Å². The molecule has 0 spiro atoms. The van der Waals surface area contributed by atoms with Gasteiger partial charge in [-0.2, -0.15) is 0 Å². The van der Waals surface area contributed by atoms with Crippen molar-refractivity contribution in [3.8, 4) is 0 Å². The Hall–Kier alpha value is -2.29. The van der Waals surface area contributed by atoms with Crippen LogP contribution in [0.2, 0.25) is 5.02 Å². The molecule has 0 bridgehead atoms. The quantitative estimate of drug-likeness (QED) is 0.711. The molecule has 2 aromatic rings. The van der Waals surface area contributed by atoms with E-state index in [0.29, 0.717) is 42.8 Å². The Bertz CT molecular complexity index is 959. The van der Waals surface area contributed by atoms with E-state index < -0.39 is 5.82 Å². The summed E-state index contributed by atoms with van der Waals surface area (Å²) in [6.07, 6.45) is 4.74. The van der Waals surface area contributed by atoms with Crippen molar-refractivity contribution in [1.82, 2.24) is 19.8 Å². The van der Waals surface area contributed by atoms with Crippen LogP contribution in [-0.2, 0) is 6.54 Å². The van der Waals surface area contributed by atoms with Gasteiger partial charge in [0.2, 0.25) is 0 Å². The van der Waals surface area contributed by atoms with E-state index >= 15 is 0 Å². The molecule has 1 amide bonds. The summed E-state index contributed by atoms with van der Waals surface area (Å²) in [6.45, 7) is 5.42. The number of carbonyl (C=O) groups is 1. The molecule has 0 aliphatic carbocycles. The maximum Gasteiger partial charge on any atom is 0.272 e. The molecule has 0 atom stereocenters. The predicted molar refractivity (Wildman–Crippen MR) is 121 cm³/mol. The molecule has 0 unspecified atom stereocenters. The van der Waals surface area contributed by atoms with Gasteiger partial charge in [-0.3, -0.25) is 4.79 Å². The standard InChI is InChI=1S/C23H29ClFN5O2/c1-15-21(27-14-28-22(15)26-13-16-2-3-19(24)20(25)12-16)23(32)30-8-4-17(5-9-30)29-10-6-18(31)7-11-29/h2-3,12,14,17-18,31H,4-11,13H2,1H3,(H,26,27,28). The number of carbonyl (C=O) groups excluding carboxylic acids is 1. The number of aromatic nitrogens is 2. The summed E-state index contributed by atoms with van der Waals surface area (Å²) in [5.74, 6) is 0.00356. The Morgan fingerprint density at radius 1 is 1.19 bits per heavy atom. The zero-order valence-electron chi connectivity index (χ0n) is 18.2. The summed E-state index contributed by atoms with van der Waals surface area (Å²) in [6, 6.07) is 5.11. The van der Waals surface area contributed by atoms with Gasteiger partial charge in [-0.15, -0.1) is 0 Å². The van der Waals surface area contributed by atoms with E-state index in [2.05, 4.69) is 20.2 Å². The van der Waals surface area contributed by atoms with Crippen LogP contribution in [0.15, 0.2) is 24.5 Å². The first kappa shape index (κ1) is 22.9. The number of rotatable bonds is 5. The SMILES string of the molecule is Cc1c(NCc2ccc(Cl)c(F)c2)ncnc1C(=O)N1CCC(N2CCC(O)CC2)CC1. The minimum absolute atomic E-state index is 0.0847. The van der Waals surface area contributed by atoms with E-state index in [9.17, 15) is 14.3 Å². The molecule has 2 saturated heterocycles. The van der Waals surface area contributed by atoms with Gasteiger partial charge >= 0.3 is 0 Å². The van der Waals surface area contributed by atoms with E-state index in [0.717, 1.165) is 44.3 Å². The Kier molecular flexibility index (Phi) is 7.23. The number of aliphatic hydroxyl groups excluding tert-OH is 1. The number of hydrogen-bond acceptors (Lipinski definition) is 6. The average Bonchev–Trinajstić information content (AvgIpc) is 2.81. The van der Waals surface area contributed by atoms with Gasteiger partial charge in [0.25, 0.3) is 5.91 Å². The number of benzene rings is 1. The Balaban J connectivity index is 1.36. The van der Waals surface area contributed by atoms with Gasteiger partial charge in [0.1, 0.15) is 23.7 Å². The number of anilines is 1. The van der Waals surface area contributed by atoms with Crippen molar-refractivity contribution in [2.75, 3.05) is 31.5 Å². The van der Waals surface area contributed by atoms with Crippen LogP contribution in [0.3, 0.4) is 0 Å². The van der Waals surface area contributed by atoms with Crippen molar-refractivity contribution in [1.29, 1.82) is 0 Å². The molecule has 3 heterocycles. The normalized spacial score (nSPS) is 18.7. The minimum Gasteiger partial charge on any atom is -0.393 e. The van der Waals surface area contributed by atoms with Gasteiger partial charge in [0, 0.05) is 44.3 Å². The van der Waals surface area contributed by atoms with Crippen LogP contribution >= 0.6 is 11.6 Å². The number of nitrogens with zero attached hydrogens (tertiary/aromatic N) is 4. The fourth-order valence-corrected chi connectivity index (χ4v) is 4.63. The van der Waals surface area contributed by atoms with E-state index in [4.69, 9.17) is 11.6 Å². The van der Waals surface area contributed by atoms with Crippen LogP contribution in [0, 0.1) is 12.7 Å². The monoisotopic (exact) mass is 461 g/mol. The summed E-state index contributed by atoms with van der Waals surface area (Å²) in [5, 5.41) is 13.0. The molecule has 32 heavy (non-hydrogen) atoms. The summed E-state index contributed by atoms with van der Waals surface area (Å²) >= 11 is 5.74. The van der Waals surface area contributed by atoms with Gasteiger partial charge in [0.05, 0.1) is 11.1 Å². The fraction of sp³-hybridized carbons (Fsp3) is 0.522. The molecular formula is C23H29ClFN5O2. The number of aliphatic hydroxyl groups is 1. The Morgan fingerprint density at radius 3 is 2.59 bits per heavy atom. The molecule has 4 rings (SSSR count). The zero-order valence-corrected chi connectivity index (χ0v) is 19.0. The molecule has 2 aliphatic heterocycles. The fourth-order valence-electron chi connectivity index (χ4n) is 4.51. The third-order valence-electron chi connectivity index (χ3n) is 6.50. The van der Waals surface area contributed by atoms with Crippen LogP contribution in [0.4, 0.5) is 10.2 Å². The lowest BCUT2D eigenvalue weighted by Crippen LogP contribution is -2.49. The largest absolute Gasteiger partial charge is 0.393 e. The average molecular weight is 462 g/mol. The second-order valence-corrected chi connectivity index (χ2v) is 9.00. The van der Waals surface area contributed by atoms with Crippen molar-refractivity contribution < 1.29 is 14.3 Å². The third kappa shape index (κ3) is 5.19. The molecule has 2 fully saturated rings. The minimum atomic E-state index is -0.467. The molecule has 7 nitrogen and oxygen atoms in total. The first-order valence-corrected chi connectivity index (χ1v) is 11.5. The van der Waals surface area contributed by atoms with Crippen molar-refractivity contribution >= 4 is 23.3 Å². The zero-order chi connectivity index (χ0) is 22.7. The summed E-state index contributed by atoms with van der Waals surface area (Å²) < 4.78 is 13.7. The first-order chi connectivity index (χ1) is 15.4. The van der Waals surface area contributed by atoms with E-state index in [1.165, 1.54) is 18.5 Å². The lowest BCUT2D eigenvalue weighted by atomic mass is 9.98. The highest BCUT2D eigenvalue weighted by molar-refractivity contribution is 6.30. The smallest absolute Gasteiger partial charge is 0.272 e. The van der Waals surface area contributed by atoms with Crippen LogP contribution < -0.4 is 5.32 Å². The van der Waals surface area contributed by atoms with E-state index in [1.807, 2.05) is 11.8 Å². The number of likely N-dealkylation sites (tertiary alicyclic amines) is 2. The molecule has 1 aromatic carbocycles. The van der Waals surface area contributed by atoms with Crippen molar-refractivity contribution in [3.05, 3.63) is 52.2 Å². The summed E-state index contributed by atoms with van der Waals surface area (Å²) in [7, 11) is 0. The number of hydrogen-bond donors (Lipinski definition) is 2. The predicted octanol–water partition coefficient (Wildman–Crippen LogP) is 3.25. The van der Waals surface area contributed by atoms with Crippen LogP contribution in [0.5, 0.6) is 0 Å². The maximum atomic E-state index is 13.7. The third-order valence-corrected chi connectivity index (χ3v) is 6.80. The highest BCUT2D eigenvalue weighted by Crippen LogP contribution is 2.24. The number of piperidine rings is 2. The molecule has 2 N–H and O–H groups in total. The molecule has 172 valence electrons. The number of nitrogens with one attached hydrogen (secondary N) is 1. The molecule has 0 radical (unpaired) electrons. The number of amides is 1. The second kappa shape index (κ2) is 10.1. The van der Waals surface area contributed by atoms with Crippen molar-refractivity contribution in [3.63, 3.8) is 0 Å². The molecule has 1 aromatic heterocycles. The summed E-state index contributed by atoms with van der Waals surface area (Å²) in [4.78, 5) is 26.0. The van der Waals surface area contributed by atoms with Gasteiger partial charge in [-0.1, -0.05) is 17.7 Å². The topological polar surface area (TPSA) is 81.6 Å². The Labute approximate surface area is 192 Å². The van der Waals surface area contributed by atoms with E-state index in [-0.39, 0.29) is 17.0 Å². The Morgan fingerprint density at radius 2 is 1.91 bits per heavy atom. The molecule has 2 aliphatic rings. The van der Waals surface area contributed by atoms with E-state index in [1.54, 1.807) is 6.07 Å². The number of halogens is 2. The molecule has 0 saturated carbocycles. The molecule has 9 heteroatoms. The van der Waals surface area contributed by atoms with Gasteiger partial charge in [-0.25, -0.2) is 14.4 Å². The lowest BCUT2D eigenvalue weighted by molar-refractivity contribution is 0.0355. The first-order valence-electron chi connectivity index (χ1n) is 11.1. The second-order valence-electron chi connectivity index (χ2n) is 8.59. The highest BCUT2D eigenvalue weighted by Gasteiger charge is 2.30. The van der Waals surface area contributed by atoms with Gasteiger partial charge < -0.3 is 20.2 Å². The summed E-state index contributed by atoms with van der Waals surface area (Å²) in [5.41, 5.74) is 1.80. The maximum absolute atomic E-state index is 13.7. The van der Waals surface area contributed by atoms with Crippen LogP contribution in [0.25, 0.3) is 0 Å². The van der Waals surface area contributed by atoms with Crippen LogP contribution in [0.1, 0.15) is 47.3 Å². The highest BCUT2D eigenvalue weighted by atomic mass is 35.5. The van der Waals surface area contributed by atoms with Gasteiger partial charge in [0.15, 0.2) is 0 Å². The van der Waals surface area contributed by atoms with Crippen molar-refractivity contribution in [2.24, 2.45) is 0 Å². The van der Waals surface area contributed by atoms with Gasteiger partial charge in [-0.05, 0) is 50.3 Å². The van der Waals surface area contributed by atoms with Crippen molar-refractivity contribution in [2.45, 2.75) is 51.3 Å². The lowest BCUT2D eigenvalue weighted by Gasteiger charge is -2.41. The molecular weight excluding hydrogens is 433 g/mol.